The fraction of sp³-hybridized carbons (Fsp3) is 0.385. The van der Waals surface area contributed by atoms with Gasteiger partial charge in [0.05, 0.1) is 29.6 Å². The summed E-state index contributed by atoms with van der Waals surface area (Å²) >= 11 is 3.40. The van der Waals surface area contributed by atoms with E-state index in [-0.39, 0.29) is 17.7 Å². The summed E-state index contributed by atoms with van der Waals surface area (Å²) in [4.78, 5) is 29.1. The van der Waals surface area contributed by atoms with Crippen LogP contribution in [0, 0.1) is 0 Å². The summed E-state index contributed by atoms with van der Waals surface area (Å²) in [5.74, 6) is -1.07. The molecule has 0 aliphatic heterocycles. The van der Waals surface area contributed by atoms with Crippen LogP contribution in [0.4, 0.5) is 13.2 Å². The summed E-state index contributed by atoms with van der Waals surface area (Å²) in [5, 5.41) is 0.514. The minimum atomic E-state index is -5.14. The molecule has 1 aromatic heterocycles. The van der Waals surface area contributed by atoms with E-state index >= 15 is 0 Å². The normalized spacial score (nSPS) is 14.6. The summed E-state index contributed by atoms with van der Waals surface area (Å²) in [6, 6.07) is 11.6. The number of halogens is 4. The minimum Gasteiger partial charge on any atom is -0.496 e. The maximum atomic E-state index is 14.4. The van der Waals surface area contributed by atoms with Crippen LogP contribution in [0.3, 0.4) is 0 Å². The maximum Gasteiger partial charge on any atom is 0.432 e. The molecule has 11 heteroatoms. The van der Waals surface area contributed by atoms with Crippen molar-refractivity contribution in [2.24, 2.45) is 0 Å². The van der Waals surface area contributed by atoms with Gasteiger partial charge in [-0.05, 0) is 26.0 Å². The molecule has 3 rings (SSSR count). The first kappa shape index (κ1) is 28.5. The molecule has 1 N–H and O–H groups in total. The monoisotopic (exact) mass is 585 g/mol. The van der Waals surface area contributed by atoms with Gasteiger partial charge in [-0.3, -0.25) is 4.79 Å². The van der Waals surface area contributed by atoms with Crippen LogP contribution in [0.25, 0.3) is 10.9 Å². The Morgan fingerprint density at radius 3 is 2.16 bits per heavy atom. The molecule has 2 atom stereocenters. The van der Waals surface area contributed by atoms with Crippen LogP contribution in [-0.4, -0.2) is 48.9 Å². The van der Waals surface area contributed by atoms with Gasteiger partial charge >= 0.3 is 12.1 Å². The number of ether oxygens (including phenoxy) is 4. The number of methoxy groups -OCH3 is 3. The first-order valence-electron chi connectivity index (χ1n) is 11.1. The second-order valence-electron chi connectivity index (χ2n) is 8.76. The third kappa shape index (κ3) is 5.33. The van der Waals surface area contributed by atoms with Gasteiger partial charge < -0.3 is 23.9 Å². The van der Waals surface area contributed by atoms with Crippen molar-refractivity contribution in [2.45, 2.75) is 42.5 Å². The van der Waals surface area contributed by atoms with Crippen LogP contribution in [0.15, 0.2) is 53.3 Å². The van der Waals surface area contributed by atoms with Crippen LogP contribution < -0.4 is 15.0 Å². The summed E-state index contributed by atoms with van der Waals surface area (Å²) < 4.78 is 63.3. The number of H-pyrrole nitrogens is 1. The third-order valence-electron chi connectivity index (χ3n) is 6.06. The predicted octanol–water partition coefficient (Wildman–Crippen LogP) is 5.28. The lowest BCUT2D eigenvalue weighted by atomic mass is 9.92. The number of aromatic nitrogens is 1. The topological polar surface area (TPSA) is 86.9 Å². The number of esters is 1. The van der Waals surface area contributed by atoms with Gasteiger partial charge in [-0.2, -0.15) is 13.2 Å². The molecule has 2 aromatic carbocycles. The van der Waals surface area contributed by atoms with Crippen molar-refractivity contribution in [3.63, 3.8) is 0 Å². The number of hydrogen-bond acceptors (Lipinski definition) is 6. The zero-order valence-corrected chi connectivity index (χ0v) is 22.5. The molecule has 0 aliphatic carbocycles. The second-order valence-corrected chi connectivity index (χ2v) is 10.8. The van der Waals surface area contributed by atoms with E-state index in [1.807, 2.05) is 0 Å². The highest BCUT2D eigenvalue weighted by atomic mass is 79.9. The number of nitrogens with one attached hydrogen (secondary N) is 1. The van der Waals surface area contributed by atoms with E-state index in [2.05, 4.69) is 20.9 Å². The van der Waals surface area contributed by atoms with Crippen LogP contribution >= 0.6 is 15.9 Å². The number of carbonyl (C=O) groups excluding carboxylic acids is 1. The van der Waals surface area contributed by atoms with Crippen molar-refractivity contribution < 1.29 is 36.9 Å². The fourth-order valence-electron chi connectivity index (χ4n) is 4.10. The Bertz CT molecular complexity index is 1320. The lowest BCUT2D eigenvalue weighted by molar-refractivity contribution is -0.278. The van der Waals surface area contributed by atoms with E-state index in [0.29, 0.717) is 16.7 Å². The number of benzene rings is 2. The van der Waals surface area contributed by atoms with E-state index in [0.717, 1.165) is 19.2 Å². The molecule has 7 nitrogen and oxygen atoms in total. The molecule has 0 radical (unpaired) electrons. The largest absolute Gasteiger partial charge is 0.496 e. The molecular weight excluding hydrogens is 559 g/mol. The van der Waals surface area contributed by atoms with Gasteiger partial charge in [0.1, 0.15) is 17.6 Å². The number of alkyl halides is 4. The van der Waals surface area contributed by atoms with Gasteiger partial charge in [0.25, 0.3) is 11.2 Å². The third-order valence-corrected chi connectivity index (χ3v) is 6.57. The van der Waals surface area contributed by atoms with Crippen molar-refractivity contribution in [3.05, 3.63) is 70.0 Å². The molecule has 0 saturated heterocycles. The second kappa shape index (κ2) is 10.7. The average molecular weight is 586 g/mol. The zero-order chi connectivity index (χ0) is 27.6. The molecule has 37 heavy (non-hydrogen) atoms. The standard InChI is InChI=1S/C26H27BrF3NO6/c1-24(2,27)19(37-23(33)25(36-5,26(28,29)30)15-10-7-6-8-11-15)14-17-21(35-4)16-12-9-13-18(34-3)20(16)31-22(17)32/h6-13,19H,14H2,1-5H3,(H,31,32)/t19-,25-/m1/s1. The highest BCUT2D eigenvalue weighted by Crippen LogP contribution is 2.44. The van der Waals surface area contributed by atoms with Gasteiger partial charge in [0.2, 0.25) is 0 Å². The highest BCUT2D eigenvalue weighted by Gasteiger charge is 2.64. The number of fused-ring (bicyclic) bond motifs is 1. The summed E-state index contributed by atoms with van der Waals surface area (Å²) in [5.41, 5.74) is -3.90. The van der Waals surface area contributed by atoms with Gasteiger partial charge in [0, 0.05) is 24.5 Å². The van der Waals surface area contributed by atoms with Gasteiger partial charge in [-0.25, -0.2) is 4.79 Å². The summed E-state index contributed by atoms with van der Waals surface area (Å²) in [6.07, 6.45) is -6.64. The molecule has 0 amide bonds. The quantitative estimate of drug-likeness (QED) is 0.272. The van der Waals surface area contributed by atoms with Crippen LogP contribution in [0.5, 0.6) is 11.5 Å². The lowest BCUT2D eigenvalue weighted by Gasteiger charge is -2.36. The Morgan fingerprint density at radius 1 is 1.00 bits per heavy atom. The van der Waals surface area contributed by atoms with Crippen molar-refractivity contribution in [1.29, 1.82) is 0 Å². The lowest BCUT2D eigenvalue weighted by Crippen LogP contribution is -2.54. The molecule has 0 bridgehead atoms. The summed E-state index contributed by atoms with van der Waals surface area (Å²) in [6.45, 7) is 3.22. The molecule has 0 spiro atoms. The Labute approximate surface area is 220 Å². The number of rotatable bonds is 9. The number of para-hydroxylation sites is 1. The zero-order valence-electron chi connectivity index (χ0n) is 20.9. The van der Waals surface area contributed by atoms with Crippen LogP contribution in [-0.2, 0) is 26.3 Å². The predicted molar refractivity (Wildman–Crippen MR) is 135 cm³/mol. The van der Waals surface area contributed by atoms with Crippen molar-refractivity contribution in [1.82, 2.24) is 4.98 Å². The van der Waals surface area contributed by atoms with Crippen molar-refractivity contribution in [3.8, 4) is 11.5 Å². The maximum absolute atomic E-state index is 14.4. The number of carbonyl (C=O) groups is 1. The first-order chi connectivity index (χ1) is 17.3. The van der Waals surface area contributed by atoms with E-state index < -0.39 is 39.3 Å². The molecule has 200 valence electrons. The molecule has 0 fully saturated rings. The van der Waals surface area contributed by atoms with E-state index in [1.165, 1.54) is 32.4 Å². The van der Waals surface area contributed by atoms with E-state index in [4.69, 9.17) is 18.9 Å². The highest BCUT2D eigenvalue weighted by molar-refractivity contribution is 9.10. The Balaban J connectivity index is 2.11. The van der Waals surface area contributed by atoms with E-state index in [9.17, 15) is 22.8 Å². The van der Waals surface area contributed by atoms with Crippen LogP contribution in [0.1, 0.15) is 25.0 Å². The molecule has 0 saturated carbocycles. The first-order valence-corrected chi connectivity index (χ1v) is 11.9. The molecule has 1 heterocycles. The molecular formula is C26H27BrF3NO6. The Morgan fingerprint density at radius 2 is 1.65 bits per heavy atom. The Hall–Kier alpha value is -3.05. The SMILES string of the molecule is COc1c(C[C@@H](OC(=O)[C@](OC)(c2ccccc2)C(F)(F)F)C(C)(C)Br)c(=O)[nH]c2c(OC)cccc12. The average Bonchev–Trinajstić information content (AvgIpc) is 2.83. The number of hydrogen-bond donors (Lipinski definition) is 1. The van der Waals surface area contributed by atoms with Gasteiger partial charge in [-0.1, -0.05) is 52.3 Å². The molecule has 0 unspecified atom stereocenters. The number of pyridine rings is 1. The van der Waals surface area contributed by atoms with Gasteiger partial charge in [-0.15, -0.1) is 0 Å². The Kier molecular flexibility index (Phi) is 8.28. The van der Waals surface area contributed by atoms with Crippen LogP contribution in [0.2, 0.25) is 0 Å². The molecule has 3 aromatic rings. The van der Waals surface area contributed by atoms with Gasteiger partial charge in [0.15, 0.2) is 0 Å². The molecule has 0 aliphatic rings. The number of aromatic amines is 1. The fourth-order valence-corrected chi connectivity index (χ4v) is 4.36. The van der Waals surface area contributed by atoms with E-state index in [1.54, 1.807) is 32.0 Å². The van der Waals surface area contributed by atoms with Crippen molar-refractivity contribution >= 4 is 32.8 Å². The summed E-state index contributed by atoms with van der Waals surface area (Å²) in [7, 11) is 3.61. The minimum absolute atomic E-state index is 0.0864. The smallest absolute Gasteiger partial charge is 0.432 e. The van der Waals surface area contributed by atoms with Crippen molar-refractivity contribution in [2.75, 3.05) is 21.3 Å².